The van der Waals surface area contributed by atoms with Crippen molar-refractivity contribution in [1.29, 1.82) is 0 Å². The molecule has 2 aromatic rings. The zero-order valence-corrected chi connectivity index (χ0v) is 16.8. The highest BCUT2D eigenvalue weighted by Gasteiger charge is 2.50. The van der Waals surface area contributed by atoms with Gasteiger partial charge in [0.15, 0.2) is 0 Å². The van der Waals surface area contributed by atoms with Gasteiger partial charge in [0.25, 0.3) is 5.91 Å². The number of ether oxygens (including phenoxy) is 1. The Morgan fingerprint density at radius 2 is 1.86 bits per heavy atom. The van der Waals surface area contributed by atoms with Crippen LogP contribution in [-0.2, 0) is 6.61 Å². The number of amides is 1. The summed E-state index contributed by atoms with van der Waals surface area (Å²) in [4.78, 5) is 13.4. The number of benzene rings is 1. The van der Waals surface area contributed by atoms with E-state index >= 15 is 0 Å². The molecule has 1 aromatic heterocycles. The van der Waals surface area contributed by atoms with Gasteiger partial charge in [0.05, 0.1) is 4.88 Å². The minimum Gasteiger partial charge on any atom is -0.489 e. The van der Waals surface area contributed by atoms with Gasteiger partial charge in [0, 0.05) is 18.2 Å². The molecule has 4 aliphatic carbocycles. The molecule has 0 radical (unpaired) electrons. The van der Waals surface area contributed by atoms with Crippen LogP contribution in [-0.4, -0.2) is 12.5 Å². The molecule has 0 atom stereocenters. The second-order valence-electron chi connectivity index (χ2n) is 9.17. The predicted molar refractivity (Wildman–Crippen MR) is 108 cm³/mol. The summed E-state index contributed by atoms with van der Waals surface area (Å²) in [5.41, 5.74) is 1.29. The molecule has 1 aromatic carbocycles. The van der Waals surface area contributed by atoms with Gasteiger partial charge in [-0.1, -0.05) is 6.07 Å². The standard InChI is InChI=1S/C23H26FNO2S/c24-19-2-1-3-20(8-19)27-12-18-7-21(28-13-18)22(26)25-14-23-9-15-4-16(10-23)6-17(5-15)11-23/h1-3,7-8,13,15-17H,4-6,9-12,14H2,(H,25,26). The second kappa shape index (κ2) is 7.18. The zero-order chi connectivity index (χ0) is 19.1. The number of rotatable bonds is 6. The van der Waals surface area contributed by atoms with E-state index in [4.69, 9.17) is 4.74 Å². The van der Waals surface area contributed by atoms with Crippen LogP contribution in [0.2, 0.25) is 0 Å². The molecule has 5 heteroatoms. The van der Waals surface area contributed by atoms with Crippen molar-refractivity contribution >= 4 is 17.2 Å². The fourth-order valence-electron chi connectivity index (χ4n) is 6.16. The average Bonchev–Trinajstić information content (AvgIpc) is 3.13. The first kappa shape index (κ1) is 18.2. The van der Waals surface area contributed by atoms with Gasteiger partial charge in [-0.05, 0) is 85.3 Å². The first-order chi connectivity index (χ1) is 13.6. The predicted octanol–water partition coefficient (Wildman–Crippen LogP) is 5.41. The lowest BCUT2D eigenvalue weighted by Crippen LogP contribution is -2.51. The first-order valence-electron chi connectivity index (χ1n) is 10.3. The van der Waals surface area contributed by atoms with Crippen molar-refractivity contribution < 1.29 is 13.9 Å². The normalized spacial score (nSPS) is 30.4. The van der Waals surface area contributed by atoms with Crippen LogP contribution < -0.4 is 10.1 Å². The quantitative estimate of drug-likeness (QED) is 0.705. The second-order valence-corrected chi connectivity index (χ2v) is 10.1. The van der Waals surface area contributed by atoms with Crippen molar-refractivity contribution in [1.82, 2.24) is 5.32 Å². The molecule has 1 amide bonds. The summed E-state index contributed by atoms with van der Waals surface area (Å²) >= 11 is 1.45. The van der Waals surface area contributed by atoms with E-state index in [2.05, 4.69) is 5.32 Å². The molecule has 3 nitrogen and oxygen atoms in total. The SMILES string of the molecule is O=C(NCC12CC3CC(CC(C3)C1)C2)c1cc(COc2cccc(F)c2)cs1. The Bertz CT molecular complexity index is 842. The van der Waals surface area contributed by atoms with E-state index in [-0.39, 0.29) is 11.7 Å². The lowest BCUT2D eigenvalue weighted by Gasteiger charge is -2.56. The number of carbonyl (C=O) groups is 1. The molecule has 1 heterocycles. The monoisotopic (exact) mass is 399 g/mol. The van der Waals surface area contributed by atoms with Crippen molar-refractivity contribution in [3.8, 4) is 5.75 Å². The molecular weight excluding hydrogens is 373 g/mol. The van der Waals surface area contributed by atoms with Gasteiger partial charge in [-0.15, -0.1) is 11.3 Å². The fourth-order valence-corrected chi connectivity index (χ4v) is 6.97. The van der Waals surface area contributed by atoms with Gasteiger partial charge in [-0.2, -0.15) is 0 Å². The van der Waals surface area contributed by atoms with Crippen molar-refractivity contribution in [2.75, 3.05) is 6.54 Å². The van der Waals surface area contributed by atoms with Crippen LogP contribution in [0.4, 0.5) is 4.39 Å². The minimum atomic E-state index is -0.312. The maximum Gasteiger partial charge on any atom is 0.261 e. The zero-order valence-electron chi connectivity index (χ0n) is 16.0. The number of carbonyl (C=O) groups excluding carboxylic acids is 1. The topological polar surface area (TPSA) is 38.3 Å². The van der Waals surface area contributed by atoms with Crippen LogP contribution in [0, 0.1) is 29.0 Å². The third-order valence-corrected chi connectivity index (χ3v) is 7.85. The molecule has 0 saturated heterocycles. The number of hydrogen-bond acceptors (Lipinski definition) is 3. The Kier molecular flexibility index (Phi) is 4.66. The Hall–Kier alpha value is -1.88. The minimum absolute atomic E-state index is 0.0257. The molecule has 6 rings (SSSR count). The summed E-state index contributed by atoms with van der Waals surface area (Å²) in [7, 11) is 0. The van der Waals surface area contributed by atoms with Gasteiger partial charge in [-0.25, -0.2) is 4.39 Å². The highest BCUT2D eigenvalue weighted by molar-refractivity contribution is 7.12. The van der Waals surface area contributed by atoms with Crippen molar-refractivity contribution in [3.63, 3.8) is 0 Å². The van der Waals surface area contributed by atoms with E-state index in [1.807, 2.05) is 11.4 Å². The Morgan fingerprint density at radius 3 is 2.54 bits per heavy atom. The molecule has 4 fully saturated rings. The van der Waals surface area contributed by atoms with Crippen LogP contribution in [0.3, 0.4) is 0 Å². The summed E-state index contributed by atoms with van der Waals surface area (Å²) in [6, 6.07) is 8.00. The lowest BCUT2D eigenvalue weighted by atomic mass is 9.49. The average molecular weight is 400 g/mol. The van der Waals surface area contributed by atoms with Gasteiger partial charge >= 0.3 is 0 Å². The smallest absolute Gasteiger partial charge is 0.261 e. The summed E-state index contributed by atoms with van der Waals surface area (Å²) in [5, 5.41) is 5.18. The fraction of sp³-hybridized carbons (Fsp3) is 0.522. The van der Waals surface area contributed by atoms with Gasteiger partial charge in [-0.3, -0.25) is 4.79 Å². The highest BCUT2D eigenvalue weighted by Crippen LogP contribution is 2.59. The Balaban J connectivity index is 1.16. The van der Waals surface area contributed by atoms with Crippen molar-refractivity contribution in [2.45, 2.75) is 45.1 Å². The van der Waals surface area contributed by atoms with Crippen molar-refractivity contribution in [3.05, 3.63) is 52.0 Å². The summed E-state index contributed by atoms with van der Waals surface area (Å²) < 4.78 is 18.9. The molecular formula is C23H26FNO2S. The molecule has 1 N–H and O–H groups in total. The van der Waals surface area contributed by atoms with Crippen LogP contribution in [0.1, 0.15) is 53.8 Å². The van der Waals surface area contributed by atoms with Gasteiger partial charge in [0.1, 0.15) is 18.2 Å². The van der Waals surface area contributed by atoms with Gasteiger partial charge < -0.3 is 10.1 Å². The maximum absolute atomic E-state index is 13.2. The number of thiophene rings is 1. The van der Waals surface area contributed by atoms with E-state index in [0.717, 1.165) is 34.7 Å². The maximum atomic E-state index is 13.2. The molecule has 4 bridgehead atoms. The van der Waals surface area contributed by atoms with Gasteiger partial charge in [0.2, 0.25) is 0 Å². The molecule has 0 aliphatic heterocycles. The largest absolute Gasteiger partial charge is 0.489 e. The summed E-state index contributed by atoms with van der Waals surface area (Å²) in [5.74, 6) is 2.91. The summed E-state index contributed by atoms with van der Waals surface area (Å²) in [6.45, 7) is 1.16. The molecule has 0 spiro atoms. The van der Waals surface area contributed by atoms with E-state index in [1.54, 1.807) is 12.1 Å². The van der Waals surface area contributed by atoms with E-state index in [1.165, 1.54) is 62.0 Å². The number of nitrogens with one attached hydrogen (secondary N) is 1. The third-order valence-electron chi connectivity index (χ3n) is 6.87. The summed E-state index contributed by atoms with van der Waals surface area (Å²) in [6.07, 6.45) is 8.18. The van der Waals surface area contributed by atoms with Crippen LogP contribution in [0.5, 0.6) is 5.75 Å². The third kappa shape index (κ3) is 3.69. The lowest BCUT2D eigenvalue weighted by molar-refractivity contribution is -0.0503. The molecule has 4 aliphatic rings. The number of hydrogen-bond donors (Lipinski definition) is 1. The van der Waals surface area contributed by atoms with Crippen LogP contribution in [0.25, 0.3) is 0 Å². The van der Waals surface area contributed by atoms with E-state index in [0.29, 0.717) is 17.8 Å². The van der Waals surface area contributed by atoms with E-state index < -0.39 is 0 Å². The van der Waals surface area contributed by atoms with Crippen molar-refractivity contribution in [2.24, 2.45) is 23.2 Å². The number of halogens is 1. The highest BCUT2D eigenvalue weighted by atomic mass is 32.1. The van der Waals surface area contributed by atoms with E-state index in [9.17, 15) is 9.18 Å². The molecule has 28 heavy (non-hydrogen) atoms. The van der Waals surface area contributed by atoms with Crippen LogP contribution in [0.15, 0.2) is 35.7 Å². The first-order valence-corrected chi connectivity index (χ1v) is 11.2. The molecule has 0 unspecified atom stereocenters. The Morgan fingerprint density at radius 1 is 1.14 bits per heavy atom. The van der Waals surface area contributed by atoms with Crippen LogP contribution >= 0.6 is 11.3 Å². The molecule has 4 saturated carbocycles. The Labute approximate surface area is 169 Å². The molecule has 148 valence electrons.